The molecule has 0 aliphatic rings. The van der Waals surface area contributed by atoms with Crippen LogP contribution in [-0.4, -0.2) is 33.2 Å². The summed E-state index contributed by atoms with van der Waals surface area (Å²) in [5, 5.41) is 22.0. The van der Waals surface area contributed by atoms with Crippen molar-refractivity contribution >= 4 is 0 Å². The number of aromatic nitrogens is 2. The van der Waals surface area contributed by atoms with E-state index in [0.29, 0.717) is 6.42 Å². The second kappa shape index (κ2) is 4.39. The number of aliphatic hydroxyl groups excluding tert-OH is 2. The molecule has 1 heterocycles. The van der Waals surface area contributed by atoms with E-state index in [9.17, 15) is 0 Å². The van der Waals surface area contributed by atoms with Crippen molar-refractivity contribution in [1.29, 1.82) is 0 Å². The van der Waals surface area contributed by atoms with Crippen LogP contribution in [0.5, 0.6) is 0 Å². The van der Waals surface area contributed by atoms with Crippen LogP contribution in [0.25, 0.3) is 0 Å². The van der Waals surface area contributed by atoms with Gasteiger partial charge in [-0.25, -0.2) is 0 Å². The molecule has 1 aromatic heterocycles. The third-order valence-electron chi connectivity index (χ3n) is 2.11. The van der Waals surface area contributed by atoms with Gasteiger partial charge in [0.25, 0.3) is 0 Å². The van der Waals surface area contributed by atoms with Gasteiger partial charge in [-0.3, -0.25) is 4.68 Å². The predicted octanol–water partition coefficient (Wildman–Crippen LogP) is -0.128. The molecule has 0 aliphatic carbocycles. The Labute approximate surface area is 77.8 Å². The highest BCUT2D eigenvalue weighted by Crippen LogP contribution is 2.08. The van der Waals surface area contributed by atoms with Crippen molar-refractivity contribution in [2.75, 3.05) is 13.2 Å². The molecule has 74 valence electrons. The average Bonchev–Trinajstić information content (AvgIpc) is 2.41. The van der Waals surface area contributed by atoms with Gasteiger partial charge in [-0.15, -0.1) is 0 Å². The first-order valence-electron chi connectivity index (χ1n) is 4.38. The predicted molar refractivity (Wildman–Crippen MR) is 49.3 cm³/mol. The molecule has 0 bridgehead atoms. The van der Waals surface area contributed by atoms with Gasteiger partial charge in [0, 0.05) is 31.9 Å². The highest BCUT2D eigenvalue weighted by molar-refractivity contribution is 5.09. The fraction of sp³-hybridized carbons (Fsp3) is 0.667. The van der Waals surface area contributed by atoms with Gasteiger partial charge >= 0.3 is 0 Å². The number of aliphatic hydroxyl groups is 2. The van der Waals surface area contributed by atoms with Crippen LogP contribution in [0.2, 0.25) is 0 Å². The van der Waals surface area contributed by atoms with Crippen LogP contribution in [0.3, 0.4) is 0 Å². The zero-order valence-electron chi connectivity index (χ0n) is 8.06. The minimum absolute atomic E-state index is 0.0146. The second-order valence-corrected chi connectivity index (χ2v) is 3.34. The van der Waals surface area contributed by atoms with Crippen molar-refractivity contribution in [1.82, 2.24) is 9.78 Å². The van der Waals surface area contributed by atoms with Crippen molar-refractivity contribution in [2.45, 2.75) is 13.3 Å². The molecular formula is C9H16N2O2. The molecular weight excluding hydrogens is 168 g/mol. The number of rotatable bonds is 4. The number of hydrogen-bond donors (Lipinski definition) is 2. The minimum atomic E-state index is -0.0743. The van der Waals surface area contributed by atoms with Crippen LogP contribution >= 0.6 is 0 Å². The van der Waals surface area contributed by atoms with Gasteiger partial charge in [0.2, 0.25) is 0 Å². The first-order chi connectivity index (χ1) is 6.17. The van der Waals surface area contributed by atoms with E-state index in [1.165, 1.54) is 0 Å². The molecule has 0 radical (unpaired) electrons. The van der Waals surface area contributed by atoms with Crippen LogP contribution in [0.1, 0.15) is 11.4 Å². The molecule has 4 heteroatoms. The molecule has 0 spiro atoms. The molecule has 1 rings (SSSR count). The van der Waals surface area contributed by atoms with Gasteiger partial charge in [-0.1, -0.05) is 0 Å². The molecule has 0 atom stereocenters. The molecule has 4 nitrogen and oxygen atoms in total. The molecule has 1 aromatic rings. The van der Waals surface area contributed by atoms with Crippen molar-refractivity contribution in [2.24, 2.45) is 13.0 Å². The zero-order valence-corrected chi connectivity index (χ0v) is 8.06. The maximum absolute atomic E-state index is 8.90. The van der Waals surface area contributed by atoms with Crippen molar-refractivity contribution in [3.05, 3.63) is 17.5 Å². The van der Waals surface area contributed by atoms with Gasteiger partial charge in [-0.05, 0) is 19.4 Å². The monoisotopic (exact) mass is 184 g/mol. The third kappa shape index (κ3) is 2.54. The lowest BCUT2D eigenvalue weighted by atomic mass is 10.1. The van der Waals surface area contributed by atoms with Crippen molar-refractivity contribution in [3.8, 4) is 0 Å². The summed E-state index contributed by atoms with van der Waals surface area (Å²) in [5.41, 5.74) is 2.01. The summed E-state index contributed by atoms with van der Waals surface area (Å²) >= 11 is 0. The Morgan fingerprint density at radius 3 is 2.46 bits per heavy atom. The molecule has 0 saturated carbocycles. The number of hydrogen-bond acceptors (Lipinski definition) is 3. The third-order valence-corrected chi connectivity index (χ3v) is 2.11. The van der Waals surface area contributed by atoms with Gasteiger partial charge in [0.15, 0.2) is 0 Å². The Morgan fingerprint density at radius 2 is 2.08 bits per heavy atom. The largest absolute Gasteiger partial charge is 0.396 e. The number of nitrogens with zero attached hydrogens (tertiary/aromatic N) is 2. The molecule has 0 unspecified atom stereocenters. The van der Waals surface area contributed by atoms with Crippen molar-refractivity contribution in [3.63, 3.8) is 0 Å². The molecule has 0 saturated heterocycles. The van der Waals surface area contributed by atoms with E-state index >= 15 is 0 Å². The molecule has 2 N–H and O–H groups in total. The summed E-state index contributed by atoms with van der Waals surface area (Å²) in [7, 11) is 1.87. The smallest absolute Gasteiger partial charge is 0.0596 e. The van der Waals surface area contributed by atoms with E-state index < -0.39 is 0 Å². The van der Waals surface area contributed by atoms with E-state index in [1.807, 2.05) is 20.0 Å². The lowest BCUT2D eigenvalue weighted by molar-refractivity contribution is 0.148. The van der Waals surface area contributed by atoms with Gasteiger partial charge in [-0.2, -0.15) is 5.10 Å². The zero-order chi connectivity index (χ0) is 9.84. The first kappa shape index (κ1) is 10.2. The highest BCUT2D eigenvalue weighted by Gasteiger charge is 2.10. The van der Waals surface area contributed by atoms with Crippen LogP contribution in [0.15, 0.2) is 6.07 Å². The fourth-order valence-electron chi connectivity index (χ4n) is 1.34. The number of aryl methyl sites for hydroxylation is 2. The maximum atomic E-state index is 8.90. The Morgan fingerprint density at radius 1 is 1.46 bits per heavy atom. The first-order valence-corrected chi connectivity index (χ1v) is 4.38. The standard InChI is InChI=1S/C9H16N2O2/c1-7-3-9(11(2)10-7)4-8(5-12)6-13/h3,8,12-13H,4-6H2,1-2H3. The van der Waals surface area contributed by atoms with Gasteiger partial charge in [0.1, 0.15) is 0 Å². The second-order valence-electron chi connectivity index (χ2n) is 3.34. The Balaban J connectivity index is 2.67. The Bertz CT molecular complexity index is 267. The van der Waals surface area contributed by atoms with Crippen LogP contribution < -0.4 is 0 Å². The lowest BCUT2D eigenvalue weighted by Gasteiger charge is -2.09. The van der Waals surface area contributed by atoms with Crippen LogP contribution in [-0.2, 0) is 13.5 Å². The summed E-state index contributed by atoms with van der Waals surface area (Å²) in [6, 6.07) is 1.97. The topological polar surface area (TPSA) is 58.3 Å². The summed E-state index contributed by atoms with van der Waals surface area (Å²) < 4.78 is 1.79. The van der Waals surface area contributed by atoms with E-state index in [0.717, 1.165) is 11.4 Å². The molecule has 0 amide bonds. The highest BCUT2D eigenvalue weighted by atomic mass is 16.3. The maximum Gasteiger partial charge on any atom is 0.0596 e. The molecule has 13 heavy (non-hydrogen) atoms. The average molecular weight is 184 g/mol. The van der Waals surface area contributed by atoms with Crippen molar-refractivity contribution < 1.29 is 10.2 Å². The SMILES string of the molecule is Cc1cc(CC(CO)CO)n(C)n1. The van der Waals surface area contributed by atoms with Gasteiger partial charge in [0.05, 0.1) is 5.69 Å². The summed E-state index contributed by atoms with van der Waals surface area (Å²) in [4.78, 5) is 0. The Kier molecular flexibility index (Phi) is 3.45. The van der Waals surface area contributed by atoms with Crippen LogP contribution in [0, 0.1) is 12.8 Å². The molecule has 0 aliphatic heterocycles. The quantitative estimate of drug-likeness (QED) is 0.685. The fourth-order valence-corrected chi connectivity index (χ4v) is 1.34. The van der Waals surface area contributed by atoms with Crippen LogP contribution in [0.4, 0.5) is 0 Å². The molecule has 0 aromatic carbocycles. The normalized spacial score (nSPS) is 11.2. The van der Waals surface area contributed by atoms with E-state index in [-0.39, 0.29) is 19.1 Å². The Hall–Kier alpha value is -0.870. The summed E-state index contributed by atoms with van der Waals surface area (Å²) in [6.07, 6.45) is 0.671. The molecule has 0 fully saturated rings. The lowest BCUT2D eigenvalue weighted by Crippen LogP contribution is -2.15. The summed E-state index contributed by atoms with van der Waals surface area (Å²) in [6.45, 7) is 1.96. The van der Waals surface area contributed by atoms with E-state index in [1.54, 1.807) is 4.68 Å². The minimum Gasteiger partial charge on any atom is -0.396 e. The van der Waals surface area contributed by atoms with E-state index in [4.69, 9.17) is 10.2 Å². The van der Waals surface area contributed by atoms with E-state index in [2.05, 4.69) is 5.10 Å². The van der Waals surface area contributed by atoms with Gasteiger partial charge < -0.3 is 10.2 Å². The summed E-state index contributed by atoms with van der Waals surface area (Å²) in [5.74, 6) is -0.0743.